The Balaban J connectivity index is 1.76. The third-order valence-corrected chi connectivity index (χ3v) is 8.47. The van der Waals surface area contributed by atoms with Gasteiger partial charge in [0.25, 0.3) is 10.0 Å². The van der Waals surface area contributed by atoms with Crippen molar-refractivity contribution in [3.8, 4) is 0 Å². The fourth-order valence-corrected chi connectivity index (χ4v) is 6.67. The predicted octanol–water partition coefficient (Wildman–Crippen LogP) is 2.65. The Hall–Kier alpha value is -0.140. The van der Waals surface area contributed by atoms with E-state index in [0.29, 0.717) is 29.2 Å². The van der Waals surface area contributed by atoms with Crippen molar-refractivity contribution in [1.29, 1.82) is 0 Å². The first-order chi connectivity index (χ1) is 10.0. The van der Waals surface area contributed by atoms with Gasteiger partial charge < -0.3 is 0 Å². The SMILES string of the molecule is Cc1cc(S(=O)(=O)N2CCC(N3CCCC3)C2)sc1CCl. The number of nitrogens with zero attached hydrogens (tertiary/aromatic N) is 2. The maximum Gasteiger partial charge on any atom is 0.252 e. The lowest BCUT2D eigenvalue weighted by Gasteiger charge is -2.23. The van der Waals surface area contributed by atoms with Gasteiger partial charge in [-0.25, -0.2) is 8.42 Å². The summed E-state index contributed by atoms with van der Waals surface area (Å²) in [5, 5.41) is 0. The number of hydrogen-bond acceptors (Lipinski definition) is 4. The minimum atomic E-state index is -3.35. The van der Waals surface area contributed by atoms with Gasteiger partial charge in [-0.05, 0) is 50.9 Å². The molecule has 0 spiro atoms. The zero-order valence-corrected chi connectivity index (χ0v) is 14.6. The first-order valence-electron chi connectivity index (χ1n) is 7.42. The summed E-state index contributed by atoms with van der Waals surface area (Å²) in [5.41, 5.74) is 0.976. The maximum absolute atomic E-state index is 12.8. The van der Waals surface area contributed by atoms with Gasteiger partial charge in [0.05, 0.1) is 5.88 Å². The average Bonchev–Trinajstić information content (AvgIpc) is 3.18. The standard InChI is InChI=1S/C14H21ClN2O2S2/c1-11-8-14(20-13(11)9-15)21(18,19)17-7-4-12(10-17)16-5-2-3-6-16/h8,12H,2-7,9-10H2,1H3. The average molecular weight is 349 g/mol. The molecule has 2 fully saturated rings. The van der Waals surface area contributed by atoms with E-state index in [1.54, 1.807) is 10.4 Å². The van der Waals surface area contributed by atoms with E-state index in [2.05, 4.69) is 4.90 Å². The quantitative estimate of drug-likeness (QED) is 0.785. The van der Waals surface area contributed by atoms with Crippen LogP contribution in [0.25, 0.3) is 0 Å². The van der Waals surface area contributed by atoms with Crippen LogP contribution in [0.2, 0.25) is 0 Å². The van der Waals surface area contributed by atoms with Gasteiger partial charge in [-0.3, -0.25) is 4.90 Å². The van der Waals surface area contributed by atoms with Gasteiger partial charge in [0.1, 0.15) is 4.21 Å². The highest BCUT2D eigenvalue weighted by molar-refractivity contribution is 7.91. The van der Waals surface area contributed by atoms with Crippen LogP contribution in [-0.2, 0) is 15.9 Å². The summed E-state index contributed by atoms with van der Waals surface area (Å²) in [4.78, 5) is 3.39. The molecule has 2 aliphatic rings. The van der Waals surface area contributed by atoms with E-state index in [1.807, 2.05) is 6.92 Å². The minimum absolute atomic E-state index is 0.377. The molecule has 118 valence electrons. The van der Waals surface area contributed by atoms with Gasteiger partial charge in [-0.15, -0.1) is 22.9 Å². The van der Waals surface area contributed by atoms with Crippen LogP contribution < -0.4 is 0 Å². The van der Waals surface area contributed by atoms with Crippen LogP contribution in [0.4, 0.5) is 0 Å². The molecule has 1 aromatic heterocycles. The monoisotopic (exact) mass is 348 g/mol. The highest BCUT2D eigenvalue weighted by Crippen LogP contribution is 2.32. The van der Waals surface area contributed by atoms with E-state index >= 15 is 0 Å². The third-order valence-electron chi connectivity index (χ3n) is 4.50. The largest absolute Gasteiger partial charge is 0.299 e. The number of hydrogen-bond donors (Lipinski definition) is 0. The second-order valence-corrected chi connectivity index (χ2v) is 9.42. The van der Waals surface area contributed by atoms with Crippen LogP contribution in [0.15, 0.2) is 10.3 Å². The zero-order valence-electron chi connectivity index (χ0n) is 12.2. The molecule has 0 N–H and O–H groups in total. The highest BCUT2D eigenvalue weighted by atomic mass is 35.5. The van der Waals surface area contributed by atoms with E-state index < -0.39 is 10.0 Å². The molecule has 0 bridgehead atoms. The summed E-state index contributed by atoms with van der Waals surface area (Å²) < 4.78 is 27.6. The molecule has 1 aromatic rings. The molecule has 0 aliphatic carbocycles. The molecule has 2 saturated heterocycles. The first kappa shape index (κ1) is 15.7. The van der Waals surface area contributed by atoms with E-state index in [4.69, 9.17) is 11.6 Å². The number of sulfonamides is 1. The number of likely N-dealkylation sites (tertiary alicyclic amines) is 1. The Labute approximate surface area is 135 Å². The summed E-state index contributed by atoms with van der Waals surface area (Å²) >= 11 is 7.17. The molecular formula is C14H21ClN2O2S2. The number of halogens is 1. The predicted molar refractivity (Wildman–Crippen MR) is 86.6 cm³/mol. The van der Waals surface area contributed by atoms with Crippen LogP contribution in [0.5, 0.6) is 0 Å². The lowest BCUT2D eigenvalue weighted by atomic mass is 10.2. The molecule has 0 aromatic carbocycles. The number of alkyl halides is 1. The van der Waals surface area contributed by atoms with E-state index in [-0.39, 0.29) is 0 Å². The maximum atomic E-state index is 12.8. The summed E-state index contributed by atoms with van der Waals surface area (Å²) in [7, 11) is -3.35. The molecule has 4 nitrogen and oxygen atoms in total. The number of aryl methyl sites for hydroxylation is 1. The molecule has 7 heteroatoms. The zero-order chi connectivity index (χ0) is 15.0. The van der Waals surface area contributed by atoms with Crippen LogP contribution in [-0.4, -0.2) is 49.8 Å². The second-order valence-electron chi connectivity index (χ2n) is 5.85. The van der Waals surface area contributed by atoms with Crippen molar-refractivity contribution in [2.45, 2.75) is 42.3 Å². The summed E-state index contributed by atoms with van der Waals surface area (Å²) in [6.45, 7) is 5.43. The molecule has 1 atom stereocenters. The molecule has 1 unspecified atom stereocenters. The lowest BCUT2D eigenvalue weighted by Crippen LogP contribution is -2.36. The molecular weight excluding hydrogens is 328 g/mol. The highest BCUT2D eigenvalue weighted by Gasteiger charge is 2.36. The van der Waals surface area contributed by atoms with Crippen molar-refractivity contribution in [3.63, 3.8) is 0 Å². The van der Waals surface area contributed by atoms with E-state index in [9.17, 15) is 8.42 Å². The fraction of sp³-hybridized carbons (Fsp3) is 0.714. The summed E-state index contributed by atoms with van der Waals surface area (Å²) in [5.74, 6) is 0.377. The van der Waals surface area contributed by atoms with Crippen molar-refractivity contribution < 1.29 is 8.42 Å². The Morgan fingerprint density at radius 2 is 2.05 bits per heavy atom. The summed E-state index contributed by atoms with van der Waals surface area (Å²) in [6, 6.07) is 2.16. The van der Waals surface area contributed by atoms with Gasteiger partial charge >= 0.3 is 0 Å². The van der Waals surface area contributed by atoms with Crippen LogP contribution in [0, 0.1) is 6.92 Å². The van der Waals surface area contributed by atoms with Crippen molar-refractivity contribution in [2.24, 2.45) is 0 Å². The number of thiophene rings is 1. The van der Waals surface area contributed by atoms with Gasteiger partial charge in [0.2, 0.25) is 0 Å². The van der Waals surface area contributed by atoms with Gasteiger partial charge in [0.15, 0.2) is 0 Å². The second kappa shape index (κ2) is 6.16. The van der Waals surface area contributed by atoms with Crippen molar-refractivity contribution in [2.75, 3.05) is 26.2 Å². The molecule has 3 heterocycles. The third kappa shape index (κ3) is 3.01. The summed E-state index contributed by atoms with van der Waals surface area (Å²) in [6.07, 6.45) is 3.44. The van der Waals surface area contributed by atoms with Crippen molar-refractivity contribution in [3.05, 3.63) is 16.5 Å². The topological polar surface area (TPSA) is 40.6 Å². The minimum Gasteiger partial charge on any atom is -0.299 e. The van der Waals surface area contributed by atoms with Crippen molar-refractivity contribution in [1.82, 2.24) is 9.21 Å². The molecule has 0 radical (unpaired) electrons. The van der Waals surface area contributed by atoms with E-state index in [1.165, 1.54) is 24.2 Å². The van der Waals surface area contributed by atoms with Crippen molar-refractivity contribution >= 4 is 33.0 Å². The molecule has 21 heavy (non-hydrogen) atoms. The molecule has 3 rings (SSSR count). The normalized spacial score (nSPS) is 25.0. The Kier molecular flexibility index (Phi) is 4.62. The smallest absolute Gasteiger partial charge is 0.252 e. The number of rotatable bonds is 4. The first-order valence-corrected chi connectivity index (χ1v) is 10.2. The molecule has 2 aliphatic heterocycles. The Morgan fingerprint density at radius 3 is 2.67 bits per heavy atom. The van der Waals surface area contributed by atoms with Crippen LogP contribution >= 0.6 is 22.9 Å². The van der Waals surface area contributed by atoms with Gasteiger partial charge in [-0.2, -0.15) is 4.31 Å². The lowest BCUT2D eigenvalue weighted by molar-refractivity contribution is 0.251. The van der Waals surface area contributed by atoms with Gasteiger partial charge in [-0.1, -0.05) is 0 Å². The Morgan fingerprint density at radius 1 is 1.33 bits per heavy atom. The molecule has 0 amide bonds. The molecule has 0 saturated carbocycles. The van der Waals surface area contributed by atoms with Crippen LogP contribution in [0.1, 0.15) is 29.7 Å². The fourth-order valence-electron chi connectivity index (χ4n) is 3.21. The van der Waals surface area contributed by atoms with Gasteiger partial charge in [0, 0.05) is 24.0 Å². The van der Waals surface area contributed by atoms with Crippen LogP contribution in [0.3, 0.4) is 0 Å². The van der Waals surface area contributed by atoms with E-state index in [0.717, 1.165) is 30.0 Å². The Bertz CT molecular complexity index is 608.